The van der Waals surface area contributed by atoms with E-state index in [1.807, 2.05) is 24.3 Å². The van der Waals surface area contributed by atoms with Crippen LogP contribution in [0.5, 0.6) is 0 Å². The molecule has 0 aliphatic carbocycles. The number of nitrogens with zero attached hydrogens (tertiary/aromatic N) is 1. The number of ether oxygens (including phenoxy) is 2. The number of benzene rings is 1. The lowest BCUT2D eigenvalue weighted by Gasteiger charge is -2.35. The number of amides is 1. The molecule has 1 fully saturated rings. The Balaban J connectivity index is 1.85. The molecule has 0 saturated carbocycles. The summed E-state index contributed by atoms with van der Waals surface area (Å²) >= 11 is 0. The number of aliphatic hydroxyl groups is 1. The van der Waals surface area contributed by atoms with Crippen LogP contribution in [0.25, 0.3) is 0 Å². The van der Waals surface area contributed by atoms with Gasteiger partial charge in [0.2, 0.25) is 0 Å². The molecule has 2 unspecified atom stereocenters. The van der Waals surface area contributed by atoms with E-state index >= 15 is 0 Å². The Bertz CT molecular complexity index is 470. The third kappa shape index (κ3) is 2.36. The topological polar surface area (TPSA) is 59.0 Å². The molecule has 0 spiro atoms. The summed E-state index contributed by atoms with van der Waals surface area (Å²) in [6.45, 7) is 1.81. The summed E-state index contributed by atoms with van der Waals surface area (Å²) in [7, 11) is 0. The molecule has 1 amide bonds. The van der Waals surface area contributed by atoms with Gasteiger partial charge in [0.25, 0.3) is 5.91 Å². The van der Waals surface area contributed by atoms with E-state index in [1.165, 1.54) is 0 Å². The molecular formula is C14H17NO4. The summed E-state index contributed by atoms with van der Waals surface area (Å²) < 4.78 is 10.7. The first-order valence-electron chi connectivity index (χ1n) is 6.55. The number of carbonyl (C=O) groups is 1. The lowest BCUT2D eigenvalue weighted by atomic mass is 9.98. The molecular weight excluding hydrogens is 246 g/mol. The first-order valence-corrected chi connectivity index (χ1v) is 6.55. The minimum absolute atomic E-state index is 0.0842. The highest BCUT2D eigenvalue weighted by Crippen LogP contribution is 2.34. The largest absolute Gasteiger partial charge is 0.388 e. The fourth-order valence-electron chi connectivity index (χ4n) is 2.58. The molecule has 1 N–H and O–H groups in total. The van der Waals surface area contributed by atoms with Crippen molar-refractivity contribution in [3.8, 4) is 0 Å². The summed E-state index contributed by atoms with van der Waals surface area (Å²) in [6, 6.07) is 7.46. The van der Waals surface area contributed by atoms with Gasteiger partial charge in [-0.3, -0.25) is 4.79 Å². The van der Waals surface area contributed by atoms with Gasteiger partial charge in [0.1, 0.15) is 0 Å². The average Bonchev–Trinajstić information content (AvgIpc) is 2.48. The van der Waals surface area contributed by atoms with Crippen LogP contribution >= 0.6 is 0 Å². The third-order valence-corrected chi connectivity index (χ3v) is 3.57. The van der Waals surface area contributed by atoms with Crippen molar-refractivity contribution in [2.45, 2.75) is 18.6 Å². The summed E-state index contributed by atoms with van der Waals surface area (Å²) in [5.41, 5.74) is 1.58. The van der Waals surface area contributed by atoms with Crippen LogP contribution in [0.15, 0.2) is 24.3 Å². The molecule has 102 valence electrons. The molecule has 0 radical (unpaired) electrons. The maximum absolute atomic E-state index is 12.5. The zero-order valence-corrected chi connectivity index (χ0v) is 10.6. The van der Waals surface area contributed by atoms with E-state index in [-0.39, 0.29) is 5.91 Å². The Labute approximate surface area is 111 Å². The molecule has 2 atom stereocenters. The Morgan fingerprint density at radius 3 is 2.95 bits per heavy atom. The smallest absolute Gasteiger partial charge is 0.258 e. The normalized spacial score (nSPS) is 26.9. The first kappa shape index (κ1) is 12.6. The quantitative estimate of drug-likeness (QED) is 0.817. The number of para-hydroxylation sites is 1. The maximum atomic E-state index is 12.5. The van der Waals surface area contributed by atoms with E-state index in [0.29, 0.717) is 32.8 Å². The molecule has 5 heteroatoms. The van der Waals surface area contributed by atoms with Crippen LogP contribution in [0.2, 0.25) is 0 Å². The van der Waals surface area contributed by atoms with Crippen molar-refractivity contribution in [3.63, 3.8) is 0 Å². The monoisotopic (exact) mass is 263 g/mol. The number of hydrogen-bond donors (Lipinski definition) is 1. The number of fused-ring (bicyclic) bond motifs is 1. The van der Waals surface area contributed by atoms with Gasteiger partial charge in [0.15, 0.2) is 6.10 Å². The van der Waals surface area contributed by atoms with Crippen LogP contribution in [-0.4, -0.2) is 43.5 Å². The third-order valence-electron chi connectivity index (χ3n) is 3.57. The first-order chi connectivity index (χ1) is 9.27. The van der Waals surface area contributed by atoms with Crippen LogP contribution in [0.3, 0.4) is 0 Å². The number of aliphatic hydroxyl groups excluding tert-OH is 1. The van der Waals surface area contributed by atoms with Crippen molar-refractivity contribution in [3.05, 3.63) is 29.8 Å². The zero-order valence-electron chi connectivity index (χ0n) is 10.6. The molecule has 2 heterocycles. The minimum Gasteiger partial charge on any atom is -0.388 e. The van der Waals surface area contributed by atoms with Gasteiger partial charge < -0.3 is 19.5 Å². The zero-order chi connectivity index (χ0) is 13.2. The fourth-order valence-corrected chi connectivity index (χ4v) is 2.58. The lowest BCUT2D eigenvalue weighted by molar-refractivity contribution is -0.145. The lowest BCUT2D eigenvalue weighted by Crippen LogP contribution is -2.47. The summed E-state index contributed by atoms with van der Waals surface area (Å²) in [6.07, 6.45) is -0.475. The van der Waals surface area contributed by atoms with Gasteiger partial charge in [-0.2, -0.15) is 0 Å². The van der Waals surface area contributed by atoms with E-state index in [2.05, 4.69) is 0 Å². The molecule has 1 aromatic rings. The van der Waals surface area contributed by atoms with E-state index < -0.39 is 12.2 Å². The number of rotatable bonds is 1. The number of hydrogen-bond acceptors (Lipinski definition) is 4. The maximum Gasteiger partial charge on any atom is 0.258 e. The van der Waals surface area contributed by atoms with Crippen LogP contribution < -0.4 is 4.90 Å². The molecule has 2 aliphatic heterocycles. The Morgan fingerprint density at radius 1 is 1.32 bits per heavy atom. The van der Waals surface area contributed by atoms with Crippen LogP contribution in [0, 0.1) is 0 Å². The van der Waals surface area contributed by atoms with E-state index in [1.54, 1.807) is 4.90 Å². The highest BCUT2D eigenvalue weighted by atomic mass is 16.6. The second-order valence-electron chi connectivity index (χ2n) is 4.79. The van der Waals surface area contributed by atoms with Crippen LogP contribution in [0.1, 0.15) is 18.1 Å². The van der Waals surface area contributed by atoms with Crippen molar-refractivity contribution in [2.24, 2.45) is 0 Å². The van der Waals surface area contributed by atoms with E-state index in [4.69, 9.17) is 9.47 Å². The molecule has 0 bridgehead atoms. The van der Waals surface area contributed by atoms with Gasteiger partial charge in [-0.1, -0.05) is 18.2 Å². The molecule has 1 aromatic carbocycles. The molecule has 3 rings (SSSR count). The van der Waals surface area contributed by atoms with Gasteiger partial charge in [-0.25, -0.2) is 0 Å². The van der Waals surface area contributed by atoms with Crippen molar-refractivity contribution >= 4 is 11.6 Å². The average molecular weight is 263 g/mol. The van der Waals surface area contributed by atoms with Gasteiger partial charge in [-0.05, 0) is 12.5 Å². The predicted molar refractivity (Wildman–Crippen MR) is 68.9 cm³/mol. The Morgan fingerprint density at radius 2 is 2.16 bits per heavy atom. The van der Waals surface area contributed by atoms with Crippen LogP contribution in [-0.2, 0) is 14.3 Å². The second-order valence-corrected chi connectivity index (χ2v) is 4.79. The van der Waals surface area contributed by atoms with E-state index in [0.717, 1.165) is 11.3 Å². The number of carbonyl (C=O) groups excluding carboxylic acids is 1. The van der Waals surface area contributed by atoms with Gasteiger partial charge in [-0.15, -0.1) is 0 Å². The standard InChI is InChI=1S/C14H17NO4/c16-12-5-6-15(11-4-2-1-3-10(11)12)14(17)13-9-18-7-8-19-13/h1-4,12-13,16H,5-9H2. The summed E-state index contributed by atoms with van der Waals surface area (Å²) in [4.78, 5) is 14.2. The van der Waals surface area contributed by atoms with Crippen molar-refractivity contribution in [2.75, 3.05) is 31.3 Å². The SMILES string of the molecule is O=C(C1COCCO1)N1CCC(O)c2ccccc21. The summed E-state index contributed by atoms with van der Waals surface area (Å²) in [5, 5.41) is 9.98. The van der Waals surface area contributed by atoms with Crippen molar-refractivity contribution in [1.82, 2.24) is 0 Å². The van der Waals surface area contributed by atoms with Crippen molar-refractivity contribution < 1.29 is 19.4 Å². The van der Waals surface area contributed by atoms with Gasteiger partial charge >= 0.3 is 0 Å². The molecule has 1 saturated heterocycles. The molecule has 0 aromatic heterocycles. The van der Waals surface area contributed by atoms with E-state index in [9.17, 15) is 9.90 Å². The highest BCUT2D eigenvalue weighted by molar-refractivity contribution is 5.97. The van der Waals surface area contributed by atoms with Gasteiger partial charge in [0.05, 0.1) is 25.9 Å². The molecule has 5 nitrogen and oxygen atoms in total. The highest BCUT2D eigenvalue weighted by Gasteiger charge is 2.33. The number of anilines is 1. The Kier molecular flexibility index (Phi) is 3.50. The second kappa shape index (κ2) is 5.28. The molecule has 2 aliphatic rings. The van der Waals surface area contributed by atoms with Crippen LogP contribution in [0.4, 0.5) is 5.69 Å². The minimum atomic E-state index is -0.531. The molecule has 19 heavy (non-hydrogen) atoms. The van der Waals surface area contributed by atoms with Gasteiger partial charge in [0, 0.05) is 17.8 Å². The summed E-state index contributed by atoms with van der Waals surface area (Å²) in [5.74, 6) is -0.0842. The van der Waals surface area contributed by atoms with Crippen molar-refractivity contribution in [1.29, 1.82) is 0 Å². The predicted octanol–water partition coefficient (Wildman–Crippen LogP) is 0.872. The fraction of sp³-hybridized carbons (Fsp3) is 0.500. The Hall–Kier alpha value is -1.43.